The fraction of sp³-hybridized carbons (Fsp3) is 0.111. The Morgan fingerprint density at radius 2 is 0.828 bits per heavy atom. The average Bonchev–Trinajstić information content (AvgIpc) is 3.72. The largest absolute Gasteiger partial charge is 0.308 e. The first-order valence-corrected chi connectivity index (χ1v) is 19.9. The summed E-state index contributed by atoms with van der Waals surface area (Å²) in [5.41, 5.74) is 21.1. The molecule has 3 heterocycles. The molecule has 4 nitrogen and oxygen atoms in total. The first-order valence-electron chi connectivity index (χ1n) is 19.9. The van der Waals surface area contributed by atoms with Crippen molar-refractivity contribution in [3.8, 4) is 50.8 Å². The number of nitrogens with zero attached hydrogens (tertiary/aromatic N) is 4. The number of hydrogen-bond donors (Lipinski definition) is 0. The predicted molar refractivity (Wildman–Crippen MR) is 242 cm³/mol. The minimum absolute atomic E-state index is 0.603. The van der Waals surface area contributed by atoms with E-state index in [1.54, 1.807) is 0 Å². The zero-order chi connectivity index (χ0) is 39.8. The van der Waals surface area contributed by atoms with Crippen LogP contribution in [0.5, 0.6) is 0 Å². The van der Waals surface area contributed by atoms with Crippen molar-refractivity contribution in [2.24, 2.45) is 0 Å². The van der Waals surface area contributed by atoms with Gasteiger partial charge in [0, 0.05) is 33.9 Å². The van der Waals surface area contributed by atoms with E-state index in [0.717, 1.165) is 66.1 Å². The number of fused-ring (bicyclic) bond motifs is 6. The number of para-hydroxylation sites is 2. The third kappa shape index (κ3) is 5.46. The van der Waals surface area contributed by atoms with Gasteiger partial charge in [-0.15, -0.1) is 0 Å². The number of pyridine rings is 1. The van der Waals surface area contributed by atoms with Gasteiger partial charge in [0.25, 0.3) is 0 Å². The van der Waals surface area contributed by atoms with Crippen molar-refractivity contribution in [3.05, 3.63) is 185 Å². The summed E-state index contributed by atoms with van der Waals surface area (Å²) in [5.74, 6) is 0. The van der Waals surface area contributed by atoms with Crippen LogP contribution in [0.15, 0.2) is 146 Å². The smallest absolute Gasteiger partial charge is 0.104 e. The van der Waals surface area contributed by atoms with E-state index in [-0.39, 0.29) is 0 Å². The van der Waals surface area contributed by atoms with Crippen molar-refractivity contribution in [2.45, 2.75) is 41.5 Å². The minimum Gasteiger partial charge on any atom is -0.308 e. The number of benzene rings is 7. The average molecular weight is 747 g/mol. The molecular formula is C54H42N4. The van der Waals surface area contributed by atoms with E-state index >= 15 is 0 Å². The van der Waals surface area contributed by atoms with E-state index in [1.165, 1.54) is 55.6 Å². The third-order valence-corrected chi connectivity index (χ3v) is 12.0. The highest BCUT2D eigenvalue weighted by atomic mass is 15.0. The van der Waals surface area contributed by atoms with Crippen molar-refractivity contribution in [1.29, 1.82) is 5.26 Å². The quantitative estimate of drug-likeness (QED) is 0.176. The van der Waals surface area contributed by atoms with E-state index in [0.29, 0.717) is 5.56 Å². The van der Waals surface area contributed by atoms with Crippen LogP contribution in [0.4, 0.5) is 0 Å². The SMILES string of the molecule is Cc1cc(C)c(-c2ccc3c(c2)c2ccccc2n3-c2cc(-c3ccncc3)cc(-n3c4ccccc4c4cc(-c5c(C)cc(C)cc5C)ccc43)c2C#N)c(C)c1. The van der Waals surface area contributed by atoms with Crippen molar-refractivity contribution in [1.82, 2.24) is 14.1 Å². The molecule has 0 saturated heterocycles. The van der Waals surface area contributed by atoms with Gasteiger partial charge in [-0.1, -0.05) is 83.9 Å². The molecule has 0 aliphatic heterocycles. The van der Waals surface area contributed by atoms with Crippen LogP contribution in [-0.2, 0) is 0 Å². The lowest BCUT2D eigenvalue weighted by atomic mass is 9.93. The summed E-state index contributed by atoms with van der Waals surface area (Å²) in [4.78, 5) is 4.35. The molecule has 10 rings (SSSR count). The van der Waals surface area contributed by atoms with Gasteiger partial charge in [0.2, 0.25) is 0 Å². The van der Waals surface area contributed by atoms with Gasteiger partial charge < -0.3 is 9.13 Å². The molecule has 0 amide bonds. The lowest BCUT2D eigenvalue weighted by Gasteiger charge is -2.18. The number of aromatic nitrogens is 3. The van der Waals surface area contributed by atoms with Gasteiger partial charge >= 0.3 is 0 Å². The molecule has 0 fully saturated rings. The van der Waals surface area contributed by atoms with Crippen molar-refractivity contribution in [2.75, 3.05) is 0 Å². The minimum atomic E-state index is 0.603. The van der Waals surface area contributed by atoms with E-state index in [9.17, 15) is 5.26 Å². The van der Waals surface area contributed by atoms with Crippen LogP contribution in [0.2, 0.25) is 0 Å². The van der Waals surface area contributed by atoms with Crippen LogP contribution in [0.1, 0.15) is 38.9 Å². The number of hydrogen-bond acceptors (Lipinski definition) is 2. The van der Waals surface area contributed by atoms with Crippen LogP contribution in [0, 0.1) is 52.9 Å². The molecular weight excluding hydrogens is 705 g/mol. The Hall–Kier alpha value is -7.22. The molecule has 58 heavy (non-hydrogen) atoms. The van der Waals surface area contributed by atoms with Crippen molar-refractivity contribution in [3.63, 3.8) is 0 Å². The number of rotatable bonds is 5. The summed E-state index contributed by atoms with van der Waals surface area (Å²) in [6, 6.07) is 51.0. The Morgan fingerprint density at radius 1 is 0.414 bits per heavy atom. The Bertz CT molecular complexity index is 3110. The van der Waals surface area contributed by atoms with Gasteiger partial charge in [-0.25, -0.2) is 0 Å². The van der Waals surface area contributed by atoms with E-state index in [4.69, 9.17) is 0 Å². The molecule has 0 bridgehead atoms. The fourth-order valence-electron chi connectivity index (χ4n) is 9.84. The van der Waals surface area contributed by atoms with Crippen LogP contribution in [0.25, 0.3) is 88.4 Å². The maximum absolute atomic E-state index is 11.4. The normalized spacial score (nSPS) is 11.6. The molecule has 0 N–H and O–H groups in total. The first-order chi connectivity index (χ1) is 28.2. The Labute approximate surface area is 338 Å². The second-order valence-corrected chi connectivity index (χ2v) is 16.0. The first kappa shape index (κ1) is 35.2. The summed E-state index contributed by atoms with van der Waals surface area (Å²) in [5, 5.41) is 16.0. The molecule has 0 aliphatic carbocycles. The van der Waals surface area contributed by atoms with Crippen LogP contribution in [0.3, 0.4) is 0 Å². The molecule has 10 aromatic rings. The summed E-state index contributed by atoms with van der Waals surface area (Å²) in [6.07, 6.45) is 3.67. The maximum Gasteiger partial charge on any atom is 0.104 e. The molecule has 4 heteroatoms. The maximum atomic E-state index is 11.4. The van der Waals surface area contributed by atoms with Gasteiger partial charge in [0.1, 0.15) is 11.6 Å². The zero-order valence-electron chi connectivity index (χ0n) is 33.6. The van der Waals surface area contributed by atoms with Gasteiger partial charge in [-0.3, -0.25) is 4.98 Å². The van der Waals surface area contributed by atoms with Crippen LogP contribution < -0.4 is 0 Å². The summed E-state index contributed by atoms with van der Waals surface area (Å²) in [7, 11) is 0. The fourth-order valence-corrected chi connectivity index (χ4v) is 9.84. The molecule has 278 valence electrons. The standard InChI is InChI=1S/C54H42N4/c1-32-23-34(3)53(35(4)24-32)39-15-17-49-44(27-39)42-11-7-9-13-47(42)57(49)51-29-41(38-19-21-56-22-20-38)30-52(46(51)31-55)58-48-14-10-8-12-43(48)45-28-40(16-18-50(45)58)54-36(5)25-33(2)26-37(54)6/h7-30H,1-6H3. The van der Waals surface area contributed by atoms with Crippen molar-refractivity contribution < 1.29 is 0 Å². The molecule has 7 aromatic carbocycles. The molecule has 0 saturated carbocycles. The highest BCUT2D eigenvalue weighted by Crippen LogP contribution is 2.42. The van der Waals surface area contributed by atoms with Gasteiger partial charge in [0.15, 0.2) is 0 Å². The van der Waals surface area contributed by atoms with E-state index < -0.39 is 0 Å². The predicted octanol–water partition coefficient (Wildman–Crippen LogP) is 14.0. The summed E-state index contributed by atoms with van der Waals surface area (Å²) < 4.78 is 4.59. The zero-order valence-corrected chi connectivity index (χ0v) is 33.6. The summed E-state index contributed by atoms with van der Waals surface area (Å²) in [6.45, 7) is 13.1. The van der Waals surface area contributed by atoms with Gasteiger partial charge in [0.05, 0.1) is 33.4 Å². The topological polar surface area (TPSA) is 46.5 Å². The second kappa shape index (κ2) is 13.5. The molecule has 0 aliphatic rings. The van der Waals surface area contributed by atoms with E-state index in [1.807, 2.05) is 24.5 Å². The molecule has 0 unspecified atom stereocenters. The number of aryl methyl sites for hydroxylation is 6. The van der Waals surface area contributed by atoms with Gasteiger partial charge in [-0.2, -0.15) is 5.26 Å². The summed E-state index contributed by atoms with van der Waals surface area (Å²) >= 11 is 0. The molecule has 0 spiro atoms. The highest BCUT2D eigenvalue weighted by Gasteiger charge is 2.23. The lowest BCUT2D eigenvalue weighted by molar-refractivity contribution is 1.12. The lowest BCUT2D eigenvalue weighted by Crippen LogP contribution is -2.05. The van der Waals surface area contributed by atoms with E-state index in [2.05, 4.69) is 183 Å². The molecule has 3 aromatic heterocycles. The Balaban J connectivity index is 1.28. The number of nitriles is 1. The molecule has 0 atom stereocenters. The highest BCUT2D eigenvalue weighted by molar-refractivity contribution is 6.12. The monoisotopic (exact) mass is 746 g/mol. The molecule has 0 radical (unpaired) electrons. The Kier molecular flexibility index (Phi) is 8.18. The van der Waals surface area contributed by atoms with Gasteiger partial charge in [-0.05, 0) is 158 Å². The van der Waals surface area contributed by atoms with Crippen molar-refractivity contribution >= 4 is 43.6 Å². The van der Waals surface area contributed by atoms with Crippen LogP contribution >= 0.6 is 0 Å². The third-order valence-electron chi connectivity index (χ3n) is 12.0. The Morgan fingerprint density at radius 3 is 1.26 bits per heavy atom. The second-order valence-electron chi connectivity index (χ2n) is 16.0. The van der Waals surface area contributed by atoms with Crippen LogP contribution in [-0.4, -0.2) is 14.1 Å².